The fourth-order valence-corrected chi connectivity index (χ4v) is 4.01. The fourth-order valence-electron chi connectivity index (χ4n) is 2.71. The first kappa shape index (κ1) is 19.6. The molecule has 0 saturated carbocycles. The highest BCUT2D eigenvalue weighted by atomic mass is 32.2. The average Bonchev–Trinajstić information content (AvgIpc) is 3.19. The number of carboxylic acids is 1. The van der Waals surface area contributed by atoms with Crippen LogP contribution in [0, 0.1) is 10.1 Å². The Labute approximate surface area is 163 Å². The number of hydrogen-bond acceptors (Lipinski definition) is 8. The lowest BCUT2D eigenvalue weighted by Crippen LogP contribution is -2.90. The first-order valence-corrected chi connectivity index (χ1v) is 9.26. The number of carbonyl (C=O) groups is 2. The number of thioether (sulfide) groups is 1. The van der Waals surface area contributed by atoms with Crippen LogP contribution >= 0.6 is 11.8 Å². The van der Waals surface area contributed by atoms with Crippen molar-refractivity contribution in [2.45, 2.75) is 11.4 Å². The Morgan fingerprint density at radius 2 is 1.89 bits per heavy atom. The molecule has 1 heterocycles. The Morgan fingerprint density at radius 3 is 2.46 bits per heavy atom. The van der Waals surface area contributed by atoms with Gasteiger partial charge in [-0.1, -0.05) is 11.8 Å². The molecule has 28 heavy (non-hydrogen) atoms. The Hall–Kier alpha value is -3.11. The number of esters is 1. The van der Waals surface area contributed by atoms with E-state index in [1.54, 1.807) is 23.5 Å². The van der Waals surface area contributed by atoms with Crippen LogP contribution < -0.4 is 19.9 Å². The number of non-ortho nitro benzene ring substituents is 1. The monoisotopic (exact) mass is 404 g/mol. The maximum Gasteiger partial charge on any atom is 0.343 e. The van der Waals surface area contributed by atoms with Gasteiger partial charge in [-0.3, -0.25) is 10.1 Å². The van der Waals surface area contributed by atoms with Gasteiger partial charge >= 0.3 is 5.97 Å². The van der Waals surface area contributed by atoms with Crippen LogP contribution in [0.1, 0.15) is 21.3 Å². The molecule has 0 bridgehead atoms. The van der Waals surface area contributed by atoms with Crippen molar-refractivity contribution in [3.63, 3.8) is 0 Å². The van der Waals surface area contributed by atoms with Crippen molar-refractivity contribution in [1.82, 2.24) is 0 Å². The van der Waals surface area contributed by atoms with Gasteiger partial charge in [-0.2, -0.15) is 0 Å². The number of rotatable bonds is 6. The van der Waals surface area contributed by atoms with Crippen molar-refractivity contribution < 1.29 is 34.4 Å². The molecule has 0 aliphatic carbocycles. The van der Waals surface area contributed by atoms with Crippen LogP contribution in [0.4, 0.5) is 5.69 Å². The molecule has 2 aromatic carbocycles. The highest BCUT2D eigenvalue weighted by Crippen LogP contribution is 2.34. The molecule has 9 nitrogen and oxygen atoms in total. The number of carboxylic acid groups (broad SMARTS) is 1. The lowest BCUT2D eigenvalue weighted by molar-refractivity contribution is -0.690. The van der Waals surface area contributed by atoms with Gasteiger partial charge in [0.15, 0.2) is 16.9 Å². The molecule has 3 rings (SSSR count). The molecular weight excluding hydrogens is 388 g/mol. The zero-order chi connectivity index (χ0) is 20.3. The lowest BCUT2D eigenvalue weighted by Gasteiger charge is -2.14. The normalized spacial score (nSPS) is 18.5. The molecule has 1 aliphatic rings. The van der Waals surface area contributed by atoms with Crippen molar-refractivity contribution in [1.29, 1.82) is 0 Å². The molecular formula is C18H16N2O7S. The van der Waals surface area contributed by atoms with Gasteiger partial charge < -0.3 is 24.7 Å². The number of nitro benzene ring substituents is 1. The van der Waals surface area contributed by atoms with E-state index < -0.39 is 22.9 Å². The van der Waals surface area contributed by atoms with Crippen molar-refractivity contribution in [2.75, 3.05) is 12.9 Å². The number of nitro groups is 1. The number of nitrogens with two attached hydrogens (primary N) is 1. The Balaban J connectivity index is 1.74. The molecule has 0 amide bonds. The summed E-state index contributed by atoms with van der Waals surface area (Å²) in [4.78, 5) is 33.4. The second kappa shape index (κ2) is 8.28. The summed E-state index contributed by atoms with van der Waals surface area (Å²) in [6.07, 6.45) is 0. The summed E-state index contributed by atoms with van der Waals surface area (Å²) in [5.74, 6) is -0.838. The summed E-state index contributed by atoms with van der Waals surface area (Å²) in [6.45, 7) is 0. The number of aliphatic carboxylic acids is 1. The van der Waals surface area contributed by atoms with E-state index in [9.17, 15) is 24.8 Å². The number of nitrogens with zero attached hydrogens (tertiary/aromatic N) is 1. The Kier molecular flexibility index (Phi) is 5.81. The van der Waals surface area contributed by atoms with E-state index in [2.05, 4.69) is 0 Å². The summed E-state index contributed by atoms with van der Waals surface area (Å²) >= 11 is 1.48. The zero-order valence-electron chi connectivity index (χ0n) is 14.7. The van der Waals surface area contributed by atoms with E-state index in [1.165, 1.54) is 43.1 Å². The maximum absolute atomic E-state index is 12.3. The summed E-state index contributed by atoms with van der Waals surface area (Å²) in [6, 6.07) is 9.43. The number of ether oxygens (including phenoxy) is 2. The topological polar surface area (TPSA) is 135 Å². The molecule has 1 fully saturated rings. The van der Waals surface area contributed by atoms with E-state index in [4.69, 9.17) is 9.47 Å². The molecule has 1 saturated heterocycles. The maximum atomic E-state index is 12.3. The SMILES string of the molecule is COc1cc([C@H]2[NH2+][C@H](C(=O)[O-])CS2)ccc1OC(=O)c1ccc([N+](=O)[O-])cc1. The summed E-state index contributed by atoms with van der Waals surface area (Å²) in [5.41, 5.74) is 0.854. The molecule has 2 aromatic rings. The Morgan fingerprint density at radius 1 is 1.18 bits per heavy atom. The summed E-state index contributed by atoms with van der Waals surface area (Å²) in [7, 11) is 1.43. The third-order valence-corrected chi connectivity index (χ3v) is 5.54. The molecule has 0 aromatic heterocycles. The largest absolute Gasteiger partial charge is 0.544 e. The minimum absolute atomic E-state index is 0.126. The molecule has 146 valence electrons. The first-order chi connectivity index (χ1) is 13.4. The van der Waals surface area contributed by atoms with Crippen LogP contribution in [0.2, 0.25) is 0 Å². The summed E-state index contributed by atoms with van der Waals surface area (Å²) in [5, 5.41) is 23.3. The van der Waals surface area contributed by atoms with Crippen molar-refractivity contribution >= 4 is 29.4 Å². The molecule has 0 unspecified atom stereocenters. The minimum Gasteiger partial charge on any atom is -0.544 e. The van der Waals surface area contributed by atoms with Gasteiger partial charge in [-0.15, -0.1) is 0 Å². The van der Waals surface area contributed by atoms with E-state index in [0.717, 1.165) is 5.56 Å². The molecule has 0 radical (unpaired) electrons. The van der Waals surface area contributed by atoms with E-state index >= 15 is 0 Å². The van der Waals surface area contributed by atoms with E-state index in [1.807, 2.05) is 0 Å². The van der Waals surface area contributed by atoms with Gasteiger partial charge in [0.25, 0.3) is 5.69 Å². The molecule has 10 heteroatoms. The first-order valence-electron chi connectivity index (χ1n) is 8.21. The smallest absolute Gasteiger partial charge is 0.343 e. The average molecular weight is 404 g/mol. The van der Waals surface area contributed by atoms with Gasteiger partial charge in [-0.05, 0) is 30.3 Å². The standard InChI is InChI=1S/C18H16N2O7S/c1-26-15-8-11(16-19-13(9-28-16)17(21)22)4-7-14(15)27-18(23)10-2-5-12(6-3-10)20(24)25/h2-8,13,16,19H,9H2,1H3,(H,21,22)/t13-,16-/m0/s1. The highest BCUT2D eigenvalue weighted by molar-refractivity contribution is 7.99. The van der Waals surface area contributed by atoms with E-state index in [0.29, 0.717) is 11.5 Å². The van der Waals surface area contributed by atoms with Gasteiger partial charge in [0.2, 0.25) is 0 Å². The quantitative estimate of drug-likeness (QED) is 0.313. The second-order valence-corrected chi connectivity index (χ2v) is 7.15. The van der Waals surface area contributed by atoms with Gasteiger partial charge in [0.1, 0.15) is 12.0 Å². The summed E-state index contributed by atoms with van der Waals surface area (Å²) < 4.78 is 10.6. The van der Waals surface area contributed by atoms with Crippen molar-refractivity contribution in [3.8, 4) is 11.5 Å². The van der Waals surface area contributed by atoms with Crippen LogP contribution in [0.25, 0.3) is 0 Å². The Bertz CT molecular complexity index is 917. The number of quaternary nitrogens is 1. The predicted molar refractivity (Wildman–Crippen MR) is 97.0 cm³/mol. The third kappa shape index (κ3) is 4.24. The molecule has 1 aliphatic heterocycles. The molecule has 2 atom stereocenters. The van der Waals surface area contributed by atoms with Crippen molar-refractivity contribution in [2.24, 2.45) is 0 Å². The van der Waals surface area contributed by atoms with Crippen LogP contribution in [0.3, 0.4) is 0 Å². The van der Waals surface area contributed by atoms with Crippen LogP contribution in [0.5, 0.6) is 11.5 Å². The van der Waals surface area contributed by atoms with Crippen LogP contribution in [0.15, 0.2) is 42.5 Å². The third-order valence-electron chi connectivity index (χ3n) is 4.20. The number of methoxy groups -OCH3 is 1. The fraction of sp³-hybridized carbons (Fsp3) is 0.222. The van der Waals surface area contributed by atoms with Gasteiger partial charge in [-0.25, -0.2) is 4.79 Å². The number of hydrogen-bond donors (Lipinski definition) is 1. The van der Waals surface area contributed by atoms with Crippen molar-refractivity contribution in [3.05, 3.63) is 63.7 Å². The number of benzene rings is 2. The number of carbonyl (C=O) groups excluding carboxylic acids is 2. The second-order valence-electron chi connectivity index (χ2n) is 5.98. The highest BCUT2D eigenvalue weighted by Gasteiger charge is 2.31. The minimum atomic E-state index is -1.10. The zero-order valence-corrected chi connectivity index (χ0v) is 15.5. The van der Waals surface area contributed by atoms with Gasteiger partial charge in [0, 0.05) is 17.7 Å². The van der Waals surface area contributed by atoms with E-state index in [-0.39, 0.29) is 22.4 Å². The lowest BCUT2D eigenvalue weighted by atomic mass is 10.1. The van der Waals surface area contributed by atoms with Gasteiger partial charge in [0.05, 0.1) is 23.3 Å². The molecule has 0 spiro atoms. The molecule has 2 N–H and O–H groups in total. The predicted octanol–water partition coefficient (Wildman–Crippen LogP) is 0.250. The van der Waals surface area contributed by atoms with Crippen LogP contribution in [-0.4, -0.2) is 35.8 Å². The van der Waals surface area contributed by atoms with Crippen LogP contribution in [-0.2, 0) is 4.79 Å².